The molecule has 1 heterocycles. The van der Waals surface area contributed by atoms with Gasteiger partial charge in [0, 0.05) is 19.7 Å². The van der Waals surface area contributed by atoms with Crippen molar-refractivity contribution in [2.45, 2.75) is 51.6 Å². The number of aliphatic hydroxyl groups excluding tert-OH is 2. The maximum Gasteiger partial charge on any atom is 0.0580 e. The van der Waals surface area contributed by atoms with Gasteiger partial charge < -0.3 is 15.1 Å². The Hall–Kier alpha value is -0.120. The molecule has 0 aromatic rings. The lowest BCUT2D eigenvalue weighted by atomic mass is 9.78. The molecule has 106 valence electrons. The summed E-state index contributed by atoms with van der Waals surface area (Å²) < 4.78 is 0. The molecule has 0 spiro atoms. The van der Waals surface area contributed by atoms with Crippen LogP contribution >= 0.6 is 0 Å². The molecular weight excluding hydrogens is 226 g/mol. The predicted octanol–water partition coefficient (Wildman–Crippen LogP) is 1.88. The zero-order valence-electron chi connectivity index (χ0n) is 11.7. The molecule has 2 N–H and O–H groups in total. The van der Waals surface area contributed by atoms with Gasteiger partial charge >= 0.3 is 0 Å². The van der Waals surface area contributed by atoms with Gasteiger partial charge in [0.15, 0.2) is 0 Å². The van der Waals surface area contributed by atoms with E-state index in [1.807, 2.05) is 0 Å². The Balaban J connectivity index is 1.83. The topological polar surface area (TPSA) is 43.7 Å². The standard InChI is InChI=1S/C15H29NO2/c1-2-12-5-6-15(18)14(8-12)10-16-7-3-4-13(9-16)11-17/h12-15,17-18H,2-11H2,1H3. The summed E-state index contributed by atoms with van der Waals surface area (Å²) in [6, 6.07) is 0. The Labute approximate surface area is 111 Å². The van der Waals surface area contributed by atoms with Crippen molar-refractivity contribution >= 4 is 0 Å². The Bertz CT molecular complexity index is 247. The van der Waals surface area contributed by atoms with Gasteiger partial charge in [-0.2, -0.15) is 0 Å². The van der Waals surface area contributed by atoms with Crippen molar-refractivity contribution < 1.29 is 10.2 Å². The maximum absolute atomic E-state index is 10.2. The fraction of sp³-hybridized carbons (Fsp3) is 1.00. The lowest BCUT2D eigenvalue weighted by molar-refractivity contribution is 0.0148. The van der Waals surface area contributed by atoms with E-state index in [0.717, 1.165) is 38.4 Å². The van der Waals surface area contributed by atoms with Gasteiger partial charge in [0.05, 0.1) is 6.10 Å². The molecule has 2 rings (SSSR count). The molecule has 0 bridgehead atoms. The van der Waals surface area contributed by atoms with E-state index in [2.05, 4.69) is 11.8 Å². The van der Waals surface area contributed by atoms with Crippen molar-refractivity contribution in [2.75, 3.05) is 26.2 Å². The molecule has 2 fully saturated rings. The minimum absolute atomic E-state index is 0.0951. The number of nitrogens with zero attached hydrogens (tertiary/aromatic N) is 1. The second-order valence-electron chi connectivity index (χ2n) is 6.37. The zero-order chi connectivity index (χ0) is 13.0. The van der Waals surface area contributed by atoms with E-state index in [1.165, 1.54) is 25.7 Å². The molecule has 18 heavy (non-hydrogen) atoms. The van der Waals surface area contributed by atoms with Crippen molar-refractivity contribution in [3.05, 3.63) is 0 Å². The third-order valence-corrected chi connectivity index (χ3v) is 4.98. The maximum atomic E-state index is 10.2. The molecule has 3 nitrogen and oxygen atoms in total. The van der Waals surface area contributed by atoms with E-state index in [1.54, 1.807) is 0 Å². The number of hydrogen-bond acceptors (Lipinski definition) is 3. The molecular formula is C15H29NO2. The smallest absolute Gasteiger partial charge is 0.0580 e. The van der Waals surface area contributed by atoms with E-state index >= 15 is 0 Å². The largest absolute Gasteiger partial charge is 0.396 e. The van der Waals surface area contributed by atoms with Gasteiger partial charge in [-0.3, -0.25) is 0 Å². The van der Waals surface area contributed by atoms with Gasteiger partial charge in [-0.25, -0.2) is 0 Å². The SMILES string of the molecule is CCC1CCC(O)C(CN2CCCC(CO)C2)C1. The highest BCUT2D eigenvalue weighted by Gasteiger charge is 2.31. The van der Waals surface area contributed by atoms with Crippen molar-refractivity contribution in [1.29, 1.82) is 0 Å². The molecule has 0 radical (unpaired) electrons. The highest BCUT2D eigenvalue weighted by atomic mass is 16.3. The molecule has 0 aromatic carbocycles. The first-order chi connectivity index (χ1) is 8.72. The third-order valence-electron chi connectivity index (χ3n) is 4.98. The Morgan fingerprint density at radius 2 is 2.00 bits per heavy atom. The van der Waals surface area contributed by atoms with Crippen LogP contribution in [0.2, 0.25) is 0 Å². The van der Waals surface area contributed by atoms with Gasteiger partial charge in [-0.05, 0) is 56.4 Å². The van der Waals surface area contributed by atoms with Crippen molar-refractivity contribution in [3.8, 4) is 0 Å². The lowest BCUT2D eigenvalue weighted by Crippen LogP contribution is -2.43. The summed E-state index contributed by atoms with van der Waals surface area (Å²) in [5.41, 5.74) is 0. The first-order valence-corrected chi connectivity index (χ1v) is 7.74. The average Bonchev–Trinajstić information content (AvgIpc) is 2.41. The molecule has 0 aromatic heterocycles. The number of aliphatic hydroxyl groups is 2. The molecule has 0 amide bonds. The van der Waals surface area contributed by atoms with E-state index < -0.39 is 0 Å². The first kappa shape index (κ1) is 14.3. The highest BCUT2D eigenvalue weighted by molar-refractivity contribution is 4.83. The summed E-state index contributed by atoms with van der Waals surface area (Å²) in [6.45, 7) is 5.80. The van der Waals surface area contributed by atoms with E-state index in [9.17, 15) is 10.2 Å². The van der Waals surface area contributed by atoms with Gasteiger partial charge in [0.25, 0.3) is 0 Å². The minimum atomic E-state index is -0.0951. The second kappa shape index (κ2) is 6.88. The predicted molar refractivity (Wildman–Crippen MR) is 73.4 cm³/mol. The van der Waals surface area contributed by atoms with Crippen LogP contribution in [0.4, 0.5) is 0 Å². The molecule has 4 unspecified atom stereocenters. The van der Waals surface area contributed by atoms with Crippen molar-refractivity contribution in [1.82, 2.24) is 4.90 Å². The molecule has 1 aliphatic carbocycles. The second-order valence-corrected chi connectivity index (χ2v) is 6.37. The summed E-state index contributed by atoms with van der Waals surface area (Å²) >= 11 is 0. The van der Waals surface area contributed by atoms with E-state index in [-0.39, 0.29) is 6.10 Å². The van der Waals surface area contributed by atoms with Crippen LogP contribution in [0.3, 0.4) is 0 Å². The van der Waals surface area contributed by atoms with Gasteiger partial charge in [0.1, 0.15) is 0 Å². The van der Waals surface area contributed by atoms with Gasteiger partial charge in [0.2, 0.25) is 0 Å². The molecule has 3 heteroatoms. The molecule has 4 atom stereocenters. The number of rotatable bonds is 4. The highest BCUT2D eigenvalue weighted by Crippen LogP contribution is 2.32. The fourth-order valence-electron chi connectivity index (χ4n) is 3.71. The lowest BCUT2D eigenvalue weighted by Gasteiger charge is -2.39. The first-order valence-electron chi connectivity index (χ1n) is 7.74. The van der Waals surface area contributed by atoms with Crippen LogP contribution in [0.1, 0.15) is 45.4 Å². The zero-order valence-corrected chi connectivity index (χ0v) is 11.7. The van der Waals surface area contributed by atoms with E-state index in [0.29, 0.717) is 18.4 Å². The Morgan fingerprint density at radius 3 is 2.72 bits per heavy atom. The van der Waals surface area contributed by atoms with Crippen LogP contribution in [-0.4, -0.2) is 47.5 Å². The molecule has 1 saturated heterocycles. The average molecular weight is 255 g/mol. The van der Waals surface area contributed by atoms with Gasteiger partial charge in [-0.15, -0.1) is 0 Å². The van der Waals surface area contributed by atoms with Crippen LogP contribution in [0.5, 0.6) is 0 Å². The van der Waals surface area contributed by atoms with Gasteiger partial charge in [-0.1, -0.05) is 13.3 Å². The molecule has 1 saturated carbocycles. The summed E-state index contributed by atoms with van der Waals surface area (Å²) in [7, 11) is 0. The van der Waals surface area contributed by atoms with Crippen LogP contribution < -0.4 is 0 Å². The number of likely N-dealkylation sites (tertiary alicyclic amines) is 1. The van der Waals surface area contributed by atoms with Crippen molar-refractivity contribution in [2.24, 2.45) is 17.8 Å². The fourth-order valence-corrected chi connectivity index (χ4v) is 3.71. The van der Waals surface area contributed by atoms with Crippen LogP contribution in [0, 0.1) is 17.8 Å². The normalized spacial score (nSPS) is 38.8. The summed E-state index contributed by atoms with van der Waals surface area (Å²) in [6.07, 6.45) is 6.90. The third kappa shape index (κ3) is 3.69. The van der Waals surface area contributed by atoms with Crippen LogP contribution in [0.15, 0.2) is 0 Å². The summed E-state index contributed by atoms with van der Waals surface area (Å²) in [5.74, 6) is 1.74. The van der Waals surface area contributed by atoms with Crippen LogP contribution in [-0.2, 0) is 0 Å². The summed E-state index contributed by atoms with van der Waals surface area (Å²) in [5, 5.41) is 19.4. The number of piperidine rings is 1. The Kier molecular flexibility index (Phi) is 5.46. The Morgan fingerprint density at radius 1 is 1.17 bits per heavy atom. The monoisotopic (exact) mass is 255 g/mol. The minimum Gasteiger partial charge on any atom is -0.396 e. The molecule has 1 aliphatic heterocycles. The van der Waals surface area contributed by atoms with E-state index in [4.69, 9.17) is 0 Å². The molecule has 2 aliphatic rings. The summed E-state index contributed by atoms with van der Waals surface area (Å²) in [4.78, 5) is 2.47. The quantitative estimate of drug-likeness (QED) is 0.806. The van der Waals surface area contributed by atoms with Crippen LogP contribution in [0.25, 0.3) is 0 Å². The van der Waals surface area contributed by atoms with Crippen molar-refractivity contribution in [3.63, 3.8) is 0 Å². The number of hydrogen-bond donors (Lipinski definition) is 2.